The Bertz CT molecular complexity index is 210. The third-order valence-electron chi connectivity index (χ3n) is 2.05. The molecule has 15 heavy (non-hydrogen) atoms. The van der Waals surface area contributed by atoms with Gasteiger partial charge in [-0.2, -0.15) is 0 Å². The Morgan fingerprint density at radius 3 is 2.40 bits per heavy atom. The topological polar surface area (TPSA) is 66.8 Å². The summed E-state index contributed by atoms with van der Waals surface area (Å²) in [6, 6.07) is 0. The molecule has 0 spiro atoms. The van der Waals surface area contributed by atoms with E-state index in [1.165, 1.54) is 0 Å². The van der Waals surface area contributed by atoms with Crippen LogP contribution in [-0.2, 0) is 9.09 Å². The zero-order valence-corrected chi connectivity index (χ0v) is 10.8. The molecule has 0 rings (SSSR count). The van der Waals surface area contributed by atoms with Crippen LogP contribution in [0, 0.1) is 0 Å². The molecule has 0 fully saturated rings. The van der Waals surface area contributed by atoms with Crippen LogP contribution in [0.5, 0.6) is 0 Å². The van der Waals surface area contributed by atoms with Gasteiger partial charge in [0.15, 0.2) is 0 Å². The number of hydrogen-bond acceptors (Lipinski definition) is 3. The molecule has 0 saturated carbocycles. The second kappa shape index (κ2) is 6.64. The minimum Gasteiger partial charge on any atom is -0.390 e. The van der Waals surface area contributed by atoms with Crippen LogP contribution in [0.3, 0.4) is 0 Å². The highest BCUT2D eigenvalue weighted by Crippen LogP contribution is 2.43. The van der Waals surface area contributed by atoms with Crippen molar-refractivity contribution in [1.29, 1.82) is 0 Å². The first-order chi connectivity index (χ1) is 6.77. The minimum atomic E-state index is -3.42. The monoisotopic (exact) mass is 238 g/mol. The lowest BCUT2D eigenvalue weighted by atomic mass is 10.1. The summed E-state index contributed by atoms with van der Waals surface area (Å²) >= 11 is 0. The fourth-order valence-electron chi connectivity index (χ4n) is 1.06. The van der Waals surface area contributed by atoms with Crippen LogP contribution in [0.15, 0.2) is 0 Å². The lowest BCUT2D eigenvalue weighted by molar-refractivity contribution is 0.0538. The van der Waals surface area contributed by atoms with E-state index in [-0.39, 0.29) is 12.8 Å². The summed E-state index contributed by atoms with van der Waals surface area (Å²) in [5, 5.41) is 9.38. The zero-order chi connectivity index (χ0) is 11.9. The maximum Gasteiger partial charge on any atom is 0.328 e. The fraction of sp³-hybridized carbons (Fsp3) is 1.00. The molecule has 4 nitrogen and oxygen atoms in total. The maximum absolute atomic E-state index is 11.4. The van der Waals surface area contributed by atoms with E-state index in [0.29, 0.717) is 12.8 Å². The van der Waals surface area contributed by atoms with E-state index in [2.05, 4.69) is 0 Å². The molecule has 0 amide bonds. The second-order valence-corrected chi connectivity index (χ2v) is 6.44. The first-order valence-corrected chi connectivity index (χ1v) is 7.22. The molecule has 0 aromatic rings. The van der Waals surface area contributed by atoms with Crippen molar-refractivity contribution in [1.82, 2.24) is 0 Å². The summed E-state index contributed by atoms with van der Waals surface area (Å²) in [5.41, 5.74) is -0.844. The van der Waals surface area contributed by atoms with Gasteiger partial charge in [0.1, 0.15) is 0 Å². The number of rotatable bonds is 8. The van der Waals surface area contributed by atoms with Gasteiger partial charge in [0.05, 0.1) is 12.2 Å². The van der Waals surface area contributed by atoms with Gasteiger partial charge in [-0.3, -0.25) is 4.57 Å². The van der Waals surface area contributed by atoms with Gasteiger partial charge in [0, 0.05) is 6.16 Å². The summed E-state index contributed by atoms with van der Waals surface area (Å²) in [7, 11) is -3.42. The highest BCUT2D eigenvalue weighted by Gasteiger charge is 2.20. The predicted octanol–water partition coefficient (Wildman–Crippen LogP) is 2.54. The Labute approximate surface area is 92.2 Å². The second-order valence-electron chi connectivity index (χ2n) is 4.46. The molecular formula is C10H23O4P. The standard InChI is InChI=1S/C10H23O4P/c1-4-5-6-9-15(12,13)14-8-7-10(2,3)11/h11H,4-9H2,1-3H3,(H,12,13). The van der Waals surface area contributed by atoms with Gasteiger partial charge in [-0.05, 0) is 26.7 Å². The summed E-state index contributed by atoms with van der Waals surface area (Å²) < 4.78 is 16.3. The first kappa shape index (κ1) is 15.1. The number of unbranched alkanes of at least 4 members (excludes halogenated alkanes) is 2. The summed E-state index contributed by atoms with van der Waals surface area (Å²) in [4.78, 5) is 9.39. The molecule has 92 valence electrons. The van der Waals surface area contributed by atoms with E-state index >= 15 is 0 Å². The Balaban J connectivity index is 3.69. The van der Waals surface area contributed by atoms with E-state index < -0.39 is 13.2 Å². The van der Waals surface area contributed by atoms with E-state index in [0.717, 1.165) is 12.8 Å². The lowest BCUT2D eigenvalue weighted by Gasteiger charge is -2.18. The fourth-order valence-corrected chi connectivity index (χ4v) is 2.19. The van der Waals surface area contributed by atoms with Crippen LogP contribution in [-0.4, -0.2) is 28.4 Å². The van der Waals surface area contributed by atoms with Crippen LogP contribution in [0.25, 0.3) is 0 Å². The van der Waals surface area contributed by atoms with E-state index in [4.69, 9.17) is 4.52 Å². The van der Waals surface area contributed by atoms with Crippen molar-refractivity contribution in [3.8, 4) is 0 Å². The van der Waals surface area contributed by atoms with E-state index in [1.807, 2.05) is 6.92 Å². The molecule has 1 atom stereocenters. The molecule has 1 unspecified atom stereocenters. The van der Waals surface area contributed by atoms with Crippen molar-refractivity contribution >= 4 is 7.60 Å². The summed E-state index contributed by atoms with van der Waals surface area (Å²) in [6.07, 6.45) is 3.26. The molecule has 0 aliphatic rings. The zero-order valence-electron chi connectivity index (χ0n) is 9.90. The molecule has 5 heteroatoms. The highest BCUT2D eigenvalue weighted by molar-refractivity contribution is 7.52. The van der Waals surface area contributed by atoms with Gasteiger partial charge in [-0.15, -0.1) is 0 Å². The third-order valence-corrected chi connectivity index (χ3v) is 3.52. The van der Waals surface area contributed by atoms with Crippen molar-refractivity contribution in [3.63, 3.8) is 0 Å². The number of hydrogen-bond donors (Lipinski definition) is 2. The molecule has 0 heterocycles. The number of aliphatic hydroxyl groups is 1. The average Bonchev–Trinajstić information content (AvgIpc) is 2.01. The smallest absolute Gasteiger partial charge is 0.328 e. The van der Waals surface area contributed by atoms with Crippen LogP contribution in [0.2, 0.25) is 0 Å². The maximum atomic E-state index is 11.4. The molecule has 0 aliphatic carbocycles. The molecule has 0 saturated heterocycles. The Morgan fingerprint density at radius 2 is 1.93 bits per heavy atom. The highest BCUT2D eigenvalue weighted by atomic mass is 31.2. The molecule has 0 bridgehead atoms. The van der Waals surface area contributed by atoms with Crippen LogP contribution >= 0.6 is 7.60 Å². The van der Waals surface area contributed by atoms with Crippen LogP contribution < -0.4 is 0 Å². The van der Waals surface area contributed by atoms with Crippen molar-refractivity contribution in [2.45, 2.75) is 52.1 Å². The van der Waals surface area contributed by atoms with E-state index in [1.54, 1.807) is 13.8 Å². The molecule has 0 aromatic carbocycles. The van der Waals surface area contributed by atoms with Crippen LogP contribution in [0.4, 0.5) is 0 Å². The molecule has 2 N–H and O–H groups in total. The SMILES string of the molecule is CCCCCP(=O)(O)OCCC(C)(C)O. The van der Waals surface area contributed by atoms with E-state index in [9.17, 15) is 14.6 Å². The lowest BCUT2D eigenvalue weighted by Crippen LogP contribution is -2.20. The molecule has 0 aliphatic heterocycles. The minimum absolute atomic E-state index is 0.128. The average molecular weight is 238 g/mol. The van der Waals surface area contributed by atoms with Gasteiger partial charge in [0.2, 0.25) is 0 Å². The van der Waals surface area contributed by atoms with Gasteiger partial charge in [0.25, 0.3) is 0 Å². The molecular weight excluding hydrogens is 215 g/mol. The van der Waals surface area contributed by atoms with Gasteiger partial charge in [-0.1, -0.05) is 19.8 Å². The quantitative estimate of drug-likeness (QED) is 0.503. The predicted molar refractivity (Wildman–Crippen MR) is 61.1 cm³/mol. The van der Waals surface area contributed by atoms with Gasteiger partial charge >= 0.3 is 7.60 Å². The summed E-state index contributed by atoms with van der Waals surface area (Å²) in [5.74, 6) is 0. The van der Waals surface area contributed by atoms with Gasteiger partial charge < -0.3 is 14.5 Å². The Kier molecular flexibility index (Phi) is 6.69. The Hall–Kier alpha value is 0.110. The van der Waals surface area contributed by atoms with Crippen molar-refractivity contribution in [2.24, 2.45) is 0 Å². The summed E-state index contributed by atoms with van der Waals surface area (Å²) in [6.45, 7) is 5.46. The van der Waals surface area contributed by atoms with Crippen molar-refractivity contribution in [3.05, 3.63) is 0 Å². The Morgan fingerprint density at radius 1 is 1.33 bits per heavy atom. The normalized spacial score (nSPS) is 16.3. The van der Waals surface area contributed by atoms with Gasteiger partial charge in [-0.25, -0.2) is 0 Å². The third kappa shape index (κ3) is 10.4. The first-order valence-electron chi connectivity index (χ1n) is 5.45. The molecule has 0 radical (unpaired) electrons. The largest absolute Gasteiger partial charge is 0.390 e. The molecule has 0 aromatic heterocycles. The van der Waals surface area contributed by atoms with Crippen molar-refractivity contribution in [2.75, 3.05) is 12.8 Å². The van der Waals surface area contributed by atoms with Crippen LogP contribution in [0.1, 0.15) is 46.5 Å². The van der Waals surface area contributed by atoms with Crippen molar-refractivity contribution < 1.29 is 19.1 Å².